The molecule has 8 nitrogen and oxygen atoms in total. The van der Waals surface area contributed by atoms with Crippen molar-refractivity contribution in [2.45, 2.75) is 52.4 Å². The highest BCUT2D eigenvalue weighted by atomic mass is 19.1. The van der Waals surface area contributed by atoms with E-state index in [1.807, 2.05) is 19.9 Å². The molecule has 4 rings (SSSR count). The van der Waals surface area contributed by atoms with Crippen molar-refractivity contribution in [1.29, 1.82) is 0 Å². The van der Waals surface area contributed by atoms with Crippen molar-refractivity contribution in [1.82, 2.24) is 25.6 Å². The van der Waals surface area contributed by atoms with Gasteiger partial charge in [-0.3, -0.25) is 4.79 Å². The van der Waals surface area contributed by atoms with Gasteiger partial charge >= 0.3 is 0 Å². The number of benzene rings is 1. The van der Waals surface area contributed by atoms with Crippen molar-refractivity contribution in [3.8, 4) is 0 Å². The number of rotatable bonds is 7. The lowest BCUT2D eigenvalue weighted by Crippen LogP contribution is -2.31. The monoisotopic (exact) mass is 463 g/mol. The zero-order valence-electron chi connectivity index (χ0n) is 19.9. The van der Waals surface area contributed by atoms with Crippen molar-refractivity contribution in [2.75, 3.05) is 17.2 Å². The summed E-state index contributed by atoms with van der Waals surface area (Å²) in [5.74, 6) is 0.679. The van der Waals surface area contributed by atoms with Crippen LogP contribution in [0.4, 0.5) is 27.7 Å². The maximum atomic E-state index is 14.4. The average molecular weight is 464 g/mol. The van der Waals surface area contributed by atoms with Crippen LogP contribution in [0.25, 0.3) is 0 Å². The second-order valence-corrected chi connectivity index (χ2v) is 9.12. The third-order valence-electron chi connectivity index (χ3n) is 5.41. The van der Waals surface area contributed by atoms with Gasteiger partial charge in [-0.15, -0.1) is 0 Å². The van der Waals surface area contributed by atoms with Crippen molar-refractivity contribution < 1.29 is 9.18 Å². The molecule has 1 amide bonds. The summed E-state index contributed by atoms with van der Waals surface area (Å²) in [6.07, 6.45) is 2.43. The van der Waals surface area contributed by atoms with Crippen LogP contribution in [0.15, 0.2) is 42.6 Å². The number of halogens is 1. The van der Waals surface area contributed by atoms with Crippen LogP contribution < -0.4 is 21.3 Å². The minimum Gasteiger partial charge on any atom is -0.350 e. The molecule has 0 saturated heterocycles. The Morgan fingerprint density at radius 2 is 1.94 bits per heavy atom. The third-order valence-corrected chi connectivity index (χ3v) is 5.41. The summed E-state index contributed by atoms with van der Waals surface area (Å²) in [7, 11) is 0. The number of amides is 1. The molecule has 0 fully saturated rings. The molecule has 0 saturated carbocycles. The number of hydrogen-bond donors (Lipinski definition) is 4. The Labute approximate surface area is 198 Å². The highest BCUT2D eigenvalue weighted by Gasteiger charge is 2.22. The fraction of sp³-hybridized carbons (Fsp3) is 0.360. The quantitative estimate of drug-likeness (QED) is 0.413. The molecule has 9 heteroatoms. The van der Waals surface area contributed by atoms with E-state index in [-0.39, 0.29) is 29.0 Å². The molecule has 2 aromatic heterocycles. The minimum absolute atomic E-state index is 0.0584. The Kier molecular flexibility index (Phi) is 6.74. The molecule has 34 heavy (non-hydrogen) atoms. The third kappa shape index (κ3) is 5.66. The molecule has 0 atom stereocenters. The van der Waals surface area contributed by atoms with E-state index in [1.165, 1.54) is 31.2 Å². The second kappa shape index (κ2) is 9.72. The number of carbonyl (C=O) groups excluding carboxylic acids is 1. The van der Waals surface area contributed by atoms with Crippen molar-refractivity contribution in [3.63, 3.8) is 0 Å². The summed E-state index contributed by atoms with van der Waals surface area (Å²) >= 11 is 0. The van der Waals surface area contributed by atoms with E-state index in [0.717, 1.165) is 25.2 Å². The summed E-state index contributed by atoms with van der Waals surface area (Å²) in [4.78, 5) is 26.1. The van der Waals surface area contributed by atoms with Crippen molar-refractivity contribution in [3.05, 3.63) is 65.0 Å². The van der Waals surface area contributed by atoms with Crippen LogP contribution in [0.2, 0.25) is 0 Å². The number of pyridine rings is 1. The van der Waals surface area contributed by atoms with Gasteiger partial charge in [0.2, 0.25) is 5.95 Å². The van der Waals surface area contributed by atoms with Crippen LogP contribution in [0.1, 0.15) is 54.9 Å². The first-order chi connectivity index (χ1) is 16.2. The largest absolute Gasteiger partial charge is 0.350 e. The number of hydrogen-bond acceptors (Lipinski definition) is 7. The number of anilines is 4. The predicted octanol–water partition coefficient (Wildman–Crippen LogP) is 4.35. The Morgan fingerprint density at radius 3 is 2.71 bits per heavy atom. The van der Waals surface area contributed by atoms with Gasteiger partial charge < -0.3 is 21.3 Å². The Hall–Kier alpha value is -3.59. The summed E-state index contributed by atoms with van der Waals surface area (Å²) in [6.45, 7) is 8.46. The molecule has 1 aliphatic rings. The number of nitrogens with one attached hydrogen (secondary N) is 4. The van der Waals surface area contributed by atoms with Gasteiger partial charge in [0, 0.05) is 24.5 Å². The van der Waals surface area contributed by atoms with Gasteiger partial charge in [0.05, 0.1) is 5.69 Å². The number of nitrogens with zero attached hydrogens (tertiary/aromatic N) is 3. The van der Waals surface area contributed by atoms with Gasteiger partial charge in [0.1, 0.15) is 22.9 Å². The molecular weight excluding hydrogens is 433 g/mol. The maximum absolute atomic E-state index is 14.4. The summed E-state index contributed by atoms with van der Waals surface area (Å²) in [5.41, 5.74) is 2.37. The van der Waals surface area contributed by atoms with E-state index in [2.05, 4.69) is 48.4 Å². The molecule has 0 bridgehead atoms. The van der Waals surface area contributed by atoms with Gasteiger partial charge in [-0.05, 0) is 76.1 Å². The van der Waals surface area contributed by atoms with Gasteiger partial charge in [0.25, 0.3) is 5.91 Å². The van der Waals surface area contributed by atoms with E-state index in [9.17, 15) is 9.18 Å². The average Bonchev–Trinajstić information content (AvgIpc) is 2.78. The van der Waals surface area contributed by atoms with Crippen LogP contribution in [0.5, 0.6) is 0 Å². The summed E-state index contributed by atoms with van der Waals surface area (Å²) in [6, 6.07) is 11.1. The fourth-order valence-corrected chi connectivity index (χ4v) is 3.68. The summed E-state index contributed by atoms with van der Waals surface area (Å²) < 4.78 is 14.4. The van der Waals surface area contributed by atoms with Crippen LogP contribution in [-0.4, -0.2) is 33.4 Å². The van der Waals surface area contributed by atoms with Gasteiger partial charge in [-0.1, -0.05) is 12.1 Å². The topological polar surface area (TPSA) is 104 Å². The number of aromatic nitrogens is 3. The van der Waals surface area contributed by atoms with E-state index in [0.29, 0.717) is 11.8 Å². The number of fused-ring (bicyclic) bond motifs is 1. The lowest BCUT2D eigenvalue weighted by Gasteiger charge is -2.18. The highest BCUT2D eigenvalue weighted by Crippen LogP contribution is 2.26. The van der Waals surface area contributed by atoms with E-state index < -0.39 is 5.67 Å². The number of carbonyl (C=O) groups is 1. The molecule has 1 aromatic carbocycles. The van der Waals surface area contributed by atoms with E-state index in [1.54, 1.807) is 18.2 Å². The zero-order chi connectivity index (χ0) is 24.3. The predicted molar refractivity (Wildman–Crippen MR) is 131 cm³/mol. The molecule has 0 spiro atoms. The fourth-order valence-electron chi connectivity index (χ4n) is 3.68. The molecule has 3 aromatic rings. The van der Waals surface area contributed by atoms with Gasteiger partial charge in [-0.2, -0.15) is 4.98 Å². The lowest BCUT2D eigenvalue weighted by molar-refractivity contribution is 0.0943. The van der Waals surface area contributed by atoms with Crippen molar-refractivity contribution in [2.24, 2.45) is 0 Å². The minimum atomic E-state index is -1.60. The first-order valence-corrected chi connectivity index (χ1v) is 11.4. The Bertz CT molecular complexity index is 1190. The van der Waals surface area contributed by atoms with Crippen LogP contribution in [-0.2, 0) is 18.6 Å². The Morgan fingerprint density at radius 1 is 1.12 bits per heavy atom. The molecular formula is C25H30FN7O. The van der Waals surface area contributed by atoms with Gasteiger partial charge in [0.15, 0.2) is 0 Å². The first-order valence-electron chi connectivity index (χ1n) is 11.4. The van der Waals surface area contributed by atoms with E-state index in [4.69, 9.17) is 0 Å². The second-order valence-electron chi connectivity index (χ2n) is 9.12. The smallest absolute Gasteiger partial charge is 0.256 e. The van der Waals surface area contributed by atoms with Crippen molar-refractivity contribution >= 4 is 29.2 Å². The molecule has 0 aliphatic carbocycles. The standard InChI is InChI=1S/C25H30FN7O/c1-15(2)29-23(34)19-14-28-24(30-18-9-8-17-13-27-11-10-16(17)12-18)33-22(19)32-21-7-5-6-20(31-21)25(3,4)26/h5-9,12,14-15,27H,10-11,13H2,1-4H3,(H,29,34)(H2,28,30,31,32,33). The highest BCUT2D eigenvalue weighted by molar-refractivity contribution is 5.99. The van der Waals surface area contributed by atoms with Gasteiger partial charge in [-0.25, -0.2) is 14.4 Å². The normalized spacial score (nSPS) is 13.4. The van der Waals surface area contributed by atoms with Crippen LogP contribution in [0, 0.1) is 0 Å². The SMILES string of the molecule is CC(C)NC(=O)c1cnc(Nc2ccc3c(c2)CCNC3)nc1Nc1cccc(C(C)(C)F)n1. The Balaban J connectivity index is 1.65. The molecule has 1 aliphatic heterocycles. The molecule has 0 unspecified atom stereocenters. The zero-order valence-corrected chi connectivity index (χ0v) is 19.9. The van der Waals surface area contributed by atoms with Crippen LogP contribution >= 0.6 is 0 Å². The van der Waals surface area contributed by atoms with E-state index >= 15 is 0 Å². The molecule has 4 N–H and O–H groups in total. The molecule has 0 radical (unpaired) electrons. The molecule has 178 valence electrons. The van der Waals surface area contributed by atoms with Crippen LogP contribution in [0.3, 0.4) is 0 Å². The summed E-state index contributed by atoms with van der Waals surface area (Å²) in [5, 5.41) is 12.5. The maximum Gasteiger partial charge on any atom is 0.256 e. The molecule has 3 heterocycles. The first kappa shape index (κ1) is 23.6. The lowest BCUT2D eigenvalue weighted by atomic mass is 10.0. The number of alkyl halides is 1.